The van der Waals surface area contributed by atoms with E-state index in [1.807, 2.05) is 6.08 Å². The van der Waals surface area contributed by atoms with Crippen LogP contribution in [0.3, 0.4) is 0 Å². The second kappa shape index (κ2) is 6.57. The SMILES string of the molecule is C=CCC[SiH2]c1ccccc1COC. The van der Waals surface area contributed by atoms with Crippen LogP contribution in [0.2, 0.25) is 6.04 Å². The van der Waals surface area contributed by atoms with Gasteiger partial charge in [0.2, 0.25) is 0 Å². The summed E-state index contributed by atoms with van der Waals surface area (Å²) in [5.41, 5.74) is 1.37. The smallest absolute Gasteiger partial charge is 0.0711 e. The molecule has 0 N–H and O–H groups in total. The lowest BCUT2D eigenvalue weighted by Crippen LogP contribution is -2.19. The standard InChI is InChI=1S/C12H18OSi/c1-3-4-9-14-12-8-6-5-7-11(12)10-13-2/h3,5-8H,1,4,9-10,14H2,2H3. The number of rotatable bonds is 6. The topological polar surface area (TPSA) is 9.23 Å². The Morgan fingerprint density at radius 3 is 2.93 bits per heavy atom. The van der Waals surface area contributed by atoms with Gasteiger partial charge in [0.05, 0.1) is 16.1 Å². The minimum absolute atomic E-state index is 0.123. The number of allylic oxidation sites excluding steroid dienone is 1. The Morgan fingerprint density at radius 1 is 1.43 bits per heavy atom. The summed E-state index contributed by atoms with van der Waals surface area (Å²) in [6.45, 7) is 4.50. The molecule has 76 valence electrons. The maximum atomic E-state index is 5.18. The zero-order valence-electron chi connectivity index (χ0n) is 8.83. The van der Waals surface area contributed by atoms with Gasteiger partial charge in [0.25, 0.3) is 0 Å². The van der Waals surface area contributed by atoms with Crippen molar-refractivity contribution >= 4 is 14.7 Å². The van der Waals surface area contributed by atoms with Crippen molar-refractivity contribution in [3.05, 3.63) is 42.5 Å². The lowest BCUT2D eigenvalue weighted by molar-refractivity contribution is 0.185. The van der Waals surface area contributed by atoms with E-state index in [9.17, 15) is 0 Å². The zero-order chi connectivity index (χ0) is 10.2. The maximum absolute atomic E-state index is 5.18. The first kappa shape index (κ1) is 11.2. The van der Waals surface area contributed by atoms with E-state index >= 15 is 0 Å². The van der Waals surface area contributed by atoms with Crippen molar-refractivity contribution in [3.8, 4) is 0 Å². The lowest BCUT2D eigenvalue weighted by atomic mass is 10.2. The van der Waals surface area contributed by atoms with Gasteiger partial charge in [-0.3, -0.25) is 0 Å². The molecule has 1 nitrogen and oxygen atoms in total. The van der Waals surface area contributed by atoms with Gasteiger partial charge in [-0.05, 0) is 12.0 Å². The van der Waals surface area contributed by atoms with E-state index in [4.69, 9.17) is 4.74 Å². The summed E-state index contributed by atoms with van der Waals surface area (Å²) >= 11 is 0. The van der Waals surface area contributed by atoms with Crippen LogP contribution >= 0.6 is 0 Å². The fourth-order valence-electron chi connectivity index (χ4n) is 1.53. The Bertz CT molecular complexity index is 283. The minimum atomic E-state index is -0.123. The Kier molecular flexibility index (Phi) is 5.26. The predicted octanol–water partition coefficient (Wildman–Crippen LogP) is 1.62. The van der Waals surface area contributed by atoms with Crippen LogP contribution in [-0.2, 0) is 11.3 Å². The average Bonchev–Trinajstić information content (AvgIpc) is 2.21. The van der Waals surface area contributed by atoms with Crippen molar-refractivity contribution in [2.45, 2.75) is 19.1 Å². The summed E-state index contributed by atoms with van der Waals surface area (Å²) in [4.78, 5) is 0. The normalized spacial score (nSPS) is 10.9. The molecule has 1 aromatic rings. The molecule has 0 bridgehead atoms. The molecule has 0 saturated carbocycles. The highest BCUT2D eigenvalue weighted by Crippen LogP contribution is 1.99. The molecular weight excluding hydrogens is 188 g/mol. The first-order chi connectivity index (χ1) is 6.88. The lowest BCUT2D eigenvalue weighted by Gasteiger charge is -2.07. The number of methoxy groups -OCH3 is 1. The van der Waals surface area contributed by atoms with E-state index in [1.54, 1.807) is 7.11 Å². The van der Waals surface area contributed by atoms with Crippen molar-refractivity contribution in [1.82, 2.24) is 0 Å². The van der Waals surface area contributed by atoms with E-state index in [2.05, 4.69) is 30.8 Å². The summed E-state index contributed by atoms with van der Waals surface area (Å²) in [6, 6.07) is 9.92. The van der Waals surface area contributed by atoms with Gasteiger partial charge in [-0.25, -0.2) is 0 Å². The predicted molar refractivity (Wildman–Crippen MR) is 65.0 cm³/mol. The molecule has 0 radical (unpaired) electrons. The van der Waals surface area contributed by atoms with Crippen LogP contribution in [0.25, 0.3) is 0 Å². The third-order valence-corrected chi connectivity index (χ3v) is 4.26. The molecular formula is C12H18OSi. The van der Waals surface area contributed by atoms with Gasteiger partial charge in [-0.1, -0.05) is 41.6 Å². The second-order valence-corrected chi connectivity index (χ2v) is 5.35. The second-order valence-electron chi connectivity index (χ2n) is 3.38. The van der Waals surface area contributed by atoms with E-state index in [1.165, 1.54) is 16.8 Å². The molecule has 2 heteroatoms. The Labute approximate surface area is 88.6 Å². The van der Waals surface area contributed by atoms with Crippen LogP contribution in [0.4, 0.5) is 0 Å². The molecule has 1 rings (SSSR count). The summed E-state index contributed by atoms with van der Waals surface area (Å²) in [6.07, 6.45) is 3.15. The highest BCUT2D eigenvalue weighted by molar-refractivity contribution is 6.54. The number of benzene rings is 1. The molecule has 14 heavy (non-hydrogen) atoms. The van der Waals surface area contributed by atoms with Gasteiger partial charge in [-0.2, -0.15) is 0 Å². The van der Waals surface area contributed by atoms with Gasteiger partial charge < -0.3 is 4.74 Å². The van der Waals surface area contributed by atoms with Crippen LogP contribution in [-0.4, -0.2) is 16.6 Å². The van der Waals surface area contributed by atoms with Crippen LogP contribution in [0.1, 0.15) is 12.0 Å². The molecule has 0 aliphatic carbocycles. The minimum Gasteiger partial charge on any atom is -0.380 e. The van der Waals surface area contributed by atoms with Crippen molar-refractivity contribution in [2.75, 3.05) is 7.11 Å². The van der Waals surface area contributed by atoms with Crippen molar-refractivity contribution in [1.29, 1.82) is 0 Å². The van der Waals surface area contributed by atoms with Crippen LogP contribution in [0, 0.1) is 0 Å². The van der Waals surface area contributed by atoms with Crippen LogP contribution < -0.4 is 5.19 Å². The molecule has 0 heterocycles. The monoisotopic (exact) mass is 206 g/mol. The molecule has 0 spiro atoms. The quantitative estimate of drug-likeness (QED) is 0.390. The molecule has 0 saturated heterocycles. The largest absolute Gasteiger partial charge is 0.380 e. The zero-order valence-corrected chi connectivity index (χ0v) is 10.2. The Morgan fingerprint density at radius 2 is 2.21 bits per heavy atom. The first-order valence-corrected chi connectivity index (χ1v) is 6.75. The third-order valence-electron chi connectivity index (χ3n) is 2.27. The van der Waals surface area contributed by atoms with Crippen LogP contribution in [0.5, 0.6) is 0 Å². The highest BCUT2D eigenvalue weighted by atomic mass is 28.2. The maximum Gasteiger partial charge on any atom is 0.0711 e. The van der Waals surface area contributed by atoms with E-state index < -0.39 is 0 Å². The van der Waals surface area contributed by atoms with E-state index in [0.717, 1.165) is 13.0 Å². The number of hydrogen-bond donors (Lipinski definition) is 0. The fourth-order valence-corrected chi connectivity index (χ4v) is 3.25. The molecule has 0 aliphatic rings. The summed E-state index contributed by atoms with van der Waals surface area (Å²) < 4.78 is 5.18. The van der Waals surface area contributed by atoms with E-state index in [-0.39, 0.29) is 9.52 Å². The summed E-state index contributed by atoms with van der Waals surface area (Å²) in [7, 11) is 1.63. The molecule has 0 fully saturated rings. The molecule has 0 amide bonds. The van der Waals surface area contributed by atoms with E-state index in [0.29, 0.717) is 0 Å². The highest BCUT2D eigenvalue weighted by Gasteiger charge is 2.00. The Balaban J connectivity index is 2.59. The summed E-state index contributed by atoms with van der Waals surface area (Å²) in [5.74, 6) is 0. The van der Waals surface area contributed by atoms with Gasteiger partial charge in [0, 0.05) is 7.11 Å². The van der Waals surface area contributed by atoms with Gasteiger partial charge in [-0.15, -0.1) is 6.58 Å². The fraction of sp³-hybridized carbons (Fsp3) is 0.333. The van der Waals surface area contributed by atoms with Crippen LogP contribution in [0.15, 0.2) is 36.9 Å². The average molecular weight is 206 g/mol. The molecule has 1 aromatic carbocycles. The first-order valence-electron chi connectivity index (χ1n) is 5.05. The van der Waals surface area contributed by atoms with Gasteiger partial charge >= 0.3 is 0 Å². The van der Waals surface area contributed by atoms with Crippen molar-refractivity contribution < 1.29 is 4.74 Å². The van der Waals surface area contributed by atoms with Crippen molar-refractivity contribution in [2.24, 2.45) is 0 Å². The number of ether oxygens (including phenoxy) is 1. The molecule has 0 unspecified atom stereocenters. The van der Waals surface area contributed by atoms with Gasteiger partial charge in [0.1, 0.15) is 0 Å². The summed E-state index contributed by atoms with van der Waals surface area (Å²) in [5, 5.41) is 1.54. The van der Waals surface area contributed by atoms with Crippen molar-refractivity contribution in [3.63, 3.8) is 0 Å². The van der Waals surface area contributed by atoms with Gasteiger partial charge in [0.15, 0.2) is 0 Å². The number of hydrogen-bond acceptors (Lipinski definition) is 1. The molecule has 0 aliphatic heterocycles. The molecule has 0 aromatic heterocycles. The molecule has 0 atom stereocenters. The Hall–Kier alpha value is -0.863. The third kappa shape index (κ3) is 3.48.